The zero-order chi connectivity index (χ0) is 13.7. The van der Waals surface area contributed by atoms with Crippen molar-refractivity contribution in [2.24, 2.45) is 0 Å². The summed E-state index contributed by atoms with van der Waals surface area (Å²) in [6.45, 7) is 9.48. The summed E-state index contributed by atoms with van der Waals surface area (Å²) < 4.78 is 11.0. The molecule has 0 aliphatic rings. The second kappa shape index (κ2) is 5.92. The number of benzene rings is 2. The van der Waals surface area contributed by atoms with E-state index in [1.165, 1.54) is 0 Å². The van der Waals surface area contributed by atoms with Gasteiger partial charge >= 0.3 is 0 Å². The van der Waals surface area contributed by atoms with E-state index in [-0.39, 0.29) is 0 Å². The molecule has 0 saturated heterocycles. The molecule has 0 atom stereocenters. The highest BCUT2D eigenvalue weighted by Gasteiger charge is 2.09. The molecule has 3 heteroatoms. The average molecular weight is 253 g/mol. The fraction of sp³-hybridized carbons (Fsp3) is 0.188. The first-order chi connectivity index (χ1) is 9.24. The first-order valence-corrected chi connectivity index (χ1v) is 5.97. The smallest absolute Gasteiger partial charge is 0.194 e. The zero-order valence-corrected chi connectivity index (χ0v) is 11.0. The summed E-state index contributed by atoms with van der Waals surface area (Å²) in [6, 6.07) is 13.4. The topological polar surface area (TPSA) is 22.8 Å². The van der Waals surface area contributed by atoms with Crippen LogP contribution in [0.4, 0.5) is 5.69 Å². The Hall–Kier alpha value is -2.47. The Morgan fingerprint density at radius 2 is 1.84 bits per heavy atom. The second-order valence-corrected chi connectivity index (χ2v) is 4.18. The van der Waals surface area contributed by atoms with Crippen molar-refractivity contribution in [3.63, 3.8) is 0 Å². The van der Waals surface area contributed by atoms with Gasteiger partial charge in [-0.1, -0.05) is 30.3 Å². The number of aryl methyl sites for hydroxylation is 1. The quantitative estimate of drug-likeness (QED) is 0.764. The maximum atomic E-state index is 7.13. The molecule has 0 N–H and O–H groups in total. The van der Waals surface area contributed by atoms with E-state index < -0.39 is 0 Å². The molecule has 0 unspecified atom stereocenters. The molecule has 0 bridgehead atoms. The lowest BCUT2D eigenvalue weighted by Gasteiger charge is -2.12. The highest BCUT2D eigenvalue weighted by molar-refractivity contribution is 5.60. The van der Waals surface area contributed by atoms with Crippen LogP contribution in [0, 0.1) is 13.5 Å². The molecule has 0 heterocycles. The number of methoxy groups -OCH3 is 1. The fourth-order valence-electron chi connectivity index (χ4n) is 1.78. The van der Waals surface area contributed by atoms with Crippen molar-refractivity contribution in [2.75, 3.05) is 7.11 Å². The molecule has 3 nitrogen and oxygen atoms in total. The van der Waals surface area contributed by atoms with Crippen molar-refractivity contribution in [1.82, 2.24) is 0 Å². The van der Waals surface area contributed by atoms with Gasteiger partial charge in [-0.25, -0.2) is 4.85 Å². The first kappa shape index (κ1) is 13.0. The second-order valence-electron chi connectivity index (χ2n) is 4.18. The molecule has 0 amide bonds. The zero-order valence-electron chi connectivity index (χ0n) is 11.0. The van der Waals surface area contributed by atoms with Crippen molar-refractivity contribution >= 4 is 5.69 Å². The van der Waals surface area contributed by atoms with Gasteiger partial charge < -0.3 is 9.47 Å². The maximum absolute atomic E-state index is 7.13. The predicted octanol–water partition coefficient (Wildman–Crippen LogP) is 4.13. The van der Waals surface area contributed by atoms with Crippen molar-refractivity contribution in [3.05, 3.63) is 65.0 Å². The van der Waals surface area contributed by atoms with E-state index in [0.717, 1.165) is 11.1 Å². The van der Waals surface area contributed by atoms with Crippen LogP contribution in [0.3, 0.4) is 0 Å². The normalized spacial score (nSPS) is 9.74. The molecule has 0 aromatic heterocycles. The molecule has 0 aliphatic carbocycles. The van der Waals surface area contributed by atoms with Crippen LogP contribution in [0.25, 0.3) is 4.85 Å². The third kappa shape index (κ3) is 3.05. The fourth-order valence-corrected chi connectivity index (χ4v) is 1.78. The SMILES string of the molecule is [C-]#[N+]c1cc(OCc2ccccc2)c(OC)cc1C. The van der Waals surface area contributed by atoms with Crippen molar-refractivity contribution < 1.29 is 9.47 Å². The highest BCUT2D eigenvalue weighted by atomic mass is 16.5. The van der Waals surface area contributed by atoms with E-state index in [1.807, 2.05) is 43.3 Å². The third-order valence-electron chi connectivity index (χ3n) is 2.84. The van der Waals surface area contributed by atoms with E-state index in [9.17, 15) is 0 Å². The minimum atomic E-state index is 0.456. The first-order valence-electron chi connectivity index (χ1n) is 5.97. The van der Waals surface area contributed by atoms with Gasteiger partial charge in [-0.05, 0) is 30.2 Å². The number of ether oxygens (including phenoxy) is 2. The largest absolute Gasteiger partial charge is 0.493 e. The van der Waals surface area contributed by atoms with E-state index in [2.05, 4.69) is 4.85 Å². The number of rotatable bonds is 4. The van der Waals surface area contributed by atoms with Gasteiger partial charge in [0.05, 0.1) is 13.7 Å². The van der Waals surface area contributed by atoms with Crippen LogP contribution in [0.5, 0.6) is 11.5 Å². The molecular weight excluding hydrogens is 238 g/mol. The van der Waals surface area contributed by atoms with Gasteiger partial charge in [0, 0.05) is 0 Å². The lowest BCUT2D eigenvalue weighted by molar-refractivity contribution is 0.284. The molecule has 2 rings (SSSR count). The lowest BCUT2D eigenvalue weighted by Crippen LogP contribution is -1.97. The lowest BCUT2D eigenvalue weighted by atomic mass is 10.2. The maximum Gasteiger partial charge on any atom is 0.194 e. The Labute approximate surface area is 113 Å². The molecule has 96 valence electrons. The molecule has 2 aromatic rings. The Morgan fingerprint density at radius 1 is 1.11 bits per heavy atom. The van der Waals surface area contributed by atoms with Gasteiger partial charge in [-0.3, -0.25) is 0 Å². The molecule has 0 fully saturated rings. The third-order valence-corrected chi connectivity index (χ3v) is 2.84. The average Bonchev–Trinajstić information content (AvgIpc) is 2.46. The Kier molecular flexibility index (Phi) is 4.04. The van der Waals surface area contributed by atoms with Crippen LogP contribution in [-0.2, 0) is 6.61 Å². The Balaban J connectivity index is 2.22. The van der Waals surface area contributed by atoms with Crippen LogP contribution < -0.4 is 9.47 Å². The van der Waals surface area contributed by atoms with Crippen molar-refractivity contribution in [3.8, 4) is 11.5 Å². The van der Waals surface area contributed by atoms with Gasteiger partial charge in [0.25, 0.3) is 0 Å². The van der Waals surface area contributed by atoms with E-state index in [4.69, 9.17) is 16.0 Å². The molecule has 2 aromatic carbocycles. The molecule has 0 saturated carbocycles. The highest BCUT2D eigenvalue weighted by Crippen LogP contribution is 2.35. The summed E-state index contributed by atoms with van der Waals surface area (Å²) in [5.74, 6) is 1.25. The van der Waals surface area contributed by atoms with Gasteiger partial charge in [0.2, 0.25) is 0 Å². The van der Waals surface area contributed by atoms with Crippen LogP contribution in [0.2, 0.25) is 0 Å². The predicted molar refractivity (Wildman–Crippen MR) is 74.8 cm³/mol. The number of nitrogens with zero attached hydrogens (tertiary/aromatic N) is 1. The van der Waals surface area contributed by atoms with Crippen LogP contribution in [0.1, 0.15) is 11.1 Å². The summed E-state index contributed by atoms with van der Waals surface area (Å²) in [5, 5.41) is 0. The monoisotopic (exact) mass is 253 g/mol. The van der Waals surface area contributed by atoms with Crippen LogP contribution in [-0.4, -0.2) is 7.11 Å². The summed E-state index contributed by atoms with van der Waals surface area (Å²) in [6.07, 6.45) is 0. The molecule has 0 spiro atoms. The van der Waals surface area contributed by atoms with Crippen LogP contribution >= 0.6 is 0 Å². The summed E-state index contributed by atoms with van der Waals surface area (Å²) in [7, 11) is 1.60. The summed E-state index contributed by atoms with van der Waals surface area (Å²) in [5.41, 5.74) is 2.55. The number of hydrogen-bond donors (Lipinski definition) is 0. The van der Waals surface area contributed by atoms with Crippen LogP contribution in [0.15, 0.2) is 42.5 Å². The molecule has 19 heavy (non-hydrogen) atoms. The van der Waals surface area contributed by atoms with Gasteiger partial charge in [0.1, 0.15) is 6.61 Å². The molecule has 0 radical (unpaired) electrons. The molecule has 0 aliphatic heterocycles. The Bertz CT molecular complexity index is 600. The van der Waals surface area contributed by atoms with Gasteiger partial charge in [-0.15, -0.1) is 0 Å². The summed E-state index contributed by atoms with van der Waals surface area (Å²) in [4.78, 5) is 3.48. The van der Waals surface area contributed by atoms with E-state index >= 15 is 0 Å². The Morgan fingerprint density at radius 3 is 2.47 bits per heavy atom. The summed E-state index contributed by atoms with van der Waals surface area (Å²) >= 11 is 0. The molecular formula is C16H15NO2. The standard InChI is InChI=1S/C16H15NO2/c1-12-9-15(18-3)16(10-14(12)17-2)19-11-13-7-5-4-6-8-13/h4-10H,11H2,1,3H3. The van der Waals surface area contributed by atoms with Crippen molar-refractivity contribution in [2.45, 2.75) is 13.5 Å². The van der Waals surface area contributed by atoms with E-state index in [1.54, 1.807) is 13.2 Å². The van der Waals surface area contributed by atoms with Gasteiger partial charge in [0.15, 0.2) is 17.2 Å². The van der Waals surface area contributed by atoms with E-state index in [0.29, 0.717) is 23.8 Å². The number of hydrogen-bond acceptors (Lipinski definition) is 2. The van der Waals surface area contributed by atoms with Gasteiger partial charge in [-0.2, -0.15) is 0 Å². The van der Waals surface area contributed by atoms with Crippen molar-refractivity contribution in [1.29, 1.82) is 0 Å². The minimum Gasteiger partial charge on any atom is -0.493 e. The minimum absolute atomic E-state index is 0.456.